The van der Waals surface area contributed by atoms with Gasteiger partial charge in [0.15, 0.2) is 11.6 Å². The maximum Gasteiger partial charge on any atom is 0.319 e. The second kappa shape index (κ2) is 9.55. The molecule has 12 heteroatoms. The van der Waals surface area contributed by atoms with Crippen LogP contribution in [0.1, 0.15) is 26.2 Å². The summed E-state index contributed by atoms with van der Waals surface area (Å²) in [7, 11) is 0. The van der Waals surface area contributed by atoms with Crippen LogP contribution in [0.3, 0.4) is 0 Å². The van der Waals surface area contributed by atoms with E-state index in [-0.39, 0.29) is 51.2 Å². The highest BCUT2D eigenvalue weighted by Crippen LogP contribution is 2.47. The molecule has 0 N–H and O–H groups in total. The molecular formula is C23H24BrClF4N4O2. The summed E-state index contributed by atoms with van der Waals surface area (Å²) < 4.78 is 68.6. The Morgan fingerprint density at radius 1 is 1.37 bits per heavy atom. The van der Waals surface area contributed by atoms with Crippen molar-refractivity contribution >= 4 is 44.3 Å². The Balaban J connectivity index is 1.62. The summed E-state index contributed by atoms with van der Waals surface area (Å²) in [4.78, 5) is 12.2. The van der Waals surface area contributed by atoms with Crippen LogP contribution in [0.15, 0.2) is 16.6 Å². The van der Waals surface area contributed by atoms with Gasteiger partial charge in [-0.05, 0) is 42.2 Å². The lowest BCUT2D eigenvalue weighted by atomic mass is 9.95. The molecule has 3 aliphatic heterocycles. The fraction of sp³-hybridized carbons (Fsp3) is 0.565. The van der Waals surface area contributed by atoms with Crippen molar-refractivity contribution < 1.29 is 27.0 Å². The second-order valence-corrected chi connectivity index (χ2v) is 10.3. The highest BCUT2D eigenvalue weighted by Gasteiger charge is 2.49. The molecule has 3 atom stereocenters. The van der Waals surface area contributed by atoms with Crippen LogP contribution in [-0.2, 0) is 0 Å². The standard InChI is InChI=1S/C23H24BrClF4N4O2/c1-2-4-13-10-34-20-15-19(18(29)16(24)17(20)25)30-22(31-21(15)33(13)9-14(27)28)35-11-23-5-3-6-32(23)8-12(26)7-23/h2,4,12-14H,3,5-11H2,1H3/b4-2-/t12-,13+,23+/m1/s1. The zero-order chi connectivity index (χ0) is 24.9. The molecule has 0 bridgehead atoms. The monoisotopic (exact) mass is 578 g/mol. The van der Waals surface area contributed by atoms with E-state index >= 15 is 4.39 Å². The van der Waals surface area contributed by atoms with Crippen molar-refractivity contribution in [2.75, 3.05) is 37.7 Å². The van der Waals surface area contributed by atoms with E-state index in [1.54, 1.807) is 19.1 Å². The molecule has 1 aromatic carbocycles. The summed E-state index contributed by atoms with van der Waals surface area (Å²) in [6.07, 6.45) is 1.81. The van der Waals surface area contributed by atoms with Gasteiger partial charge in [0.25, 0.3) is 6.43 Å². The molecule has 0 radical (unpaired) electrons. The van der Waals surface area contributed by atoms with Gasteiger partial charge in [0.2, 0.25) is 0 Å². The van der Waals surface area contributed by atoms with Crippen LogP contribution >= 0.6 is 27.5 Å². The van der Waals surface area contributed by atoms with Crippen molar-refractivity contribution in [2.45, 2.75) is 50.4 Å². The van der Waals surface area contributed by atoms with E-state index in [1.807, 2.05) is 0 Å². The first-order chi connectivity index (χ1) is 16.7. The Kier molecular flexibility index (Phi) is 6.78. The molecule has 0 spiro atoms. The number of nitrogens with zero attached hydrogens (tertiary/aromatic N) is 4. The number of hydrogen-bond donors (Lipinski definition) is 0. The highest BCUT2D eigenvalue weighted by molar-refractivity contribution is 9.10. The molecular weight excluding hydrogens is 556 g/mol. The molecule has 35 heavy (non-hydrogen) atoms. The topological polar surface area (TPSA) is 50.7 Å². The minimum absolute atomic E-state index is 0.00748. The van der Waals surface area contributed by atoms with E-state index < -0.39 is 36.5 Å². The molecule has 1 aromatic heterocycles. The number of ether oxygens (including phenoxy) is 2. The van der Waals surface area contributed by atoms with Gasteiger partial charge in [0, 0.05) is 13.0 Å². The number of halogens is 6. The third-order valence-electron chi connectivity index (χ3n) is 6.94. The maximum absolute atomic E-state index is 15.4. The van der Waals surface area contributed by atoms with E-state index in [0.717, 1.165) is 19.4 Å². The summed E-state index contributed by atoms with van der Waals surface area (Å²) in [6, 6.07) is -0.785. The Morgan fingerprint density at radius 3 is 2.91 bits per heavy atom. The Hall–Kier alpha value is -1.85. The van der Waals surface area contributed by atoms with Crippen LogP contribution in [0.2, 0.25) is 5.02 Å². The SMILES string of the molecule is C/C=C\[C@H]1COc2c(Cl)c(Br)c(F)c3nc(OC[C@@]45CCCN4C[C@H](F)C5)nc(c23)N1CC(F)F. The summed E-state index contributed by atoms with van der Waals surface area (Å²) in [5, 5.41) is 0.0631. The number of allylic oxidation sites excluding steroid dienone is 1. The normalized spacial score (nSPS) is 26.6. The molecule has 2 saturated heterocycles. The van der Waals surface area contributed by atoms with Crippen LogP contribution in [0.4, 0.5) is 23.4 Å². The van der Waals surface area contributed by atoms with E-state index in [4.69, 9.17) is 21.1 Å². The van der Waals surface area contributed by atoms with Gasteiger partial charge in [-0.3, -0.25) is 4.90 Å². The summed E-state index contributed by atoms with van der Waals surface area (Å²) in [5.74, 6) is -0.623. The maximum atomic E-state index is 15.4. The van der Waals surface area contributed by atoms with E-state index in [2.05, 4.69) is 30.8 Å². The summed E-state index contributed by atoms with van der Waals surface area (Å²) >= 11 is 9.51. The smallest absolute Gasteiger partial charge is 0.319 e. The molecule has 5 rings (SSSR count). The van der Waals surface area contributed by atoms with Gasteiger partial charge in [0.05, 0.1) is 28.0 Å². The van der Waals surface area contributed by atoms with Gasteiger partial charge in [-0.15, -0.1) is 0 Å². The Morgan fingerprint density at radius 2 is 2.17 bits per heavy atom. The van der Waals surface area contributed by atoms with Crippen LogP contribution in [-0.4, -0.2) is 71.9 Å². The lowest BCUT2D eigenvalue weighted by Gasteiger charge is -2.31. The van der Waals surface area contributed by atoms with Gasteiger partial charge in [-0.2, -0.15) is 9.97 Å². The molecule has 0 aliphatic carbocycles. The molecule has 3 aliphatic rings. The zero-order valence-corrected chi connectivity index (χ0v) is 21.3. The van der Waals surface area contributed by atoms with Crippen LogP contribution in [0, 0.1) is 5.82 Å². The van der Waals surface area contributed by atoms with Gasteiger partial charge < -0.3 is 14.4 Å². The third-order valence-corrected chi connectivity index (χ3v) is 8.27. The van der Waals surface area contributed by atoms with Crippen LogP contribution in [0.25, 0.3) is 10.9 Å². The minimum Gasteiger partial charge on any atom is -0.489 e. The number of benzene rings is 1. The summed E-state index contributed by atoms with van der Waals surface area (Å²) in [5.41, 5.74) is -0.637. The van der Waals surface area contributed by atoms with Crippen LogP contribution in [0.5, 0.6) is 11.8 Å². The number of hydrogen-bond acceptors (Lipinski definition) is 6. The molecule has 190 valence electrons. The number of rotatable bonds is 6. The average molecular weight is 580 g/mol. The number of aromatic nitrogens is 2. The van der Waals surface area contributed by atoms with Crippen molar-refractivity contribution in [3.05, 3.63) is 27.5 Å². The Bertz CT molecular complexity index is 1170. The first-order valence-corrected chi connectivity index (χ1v) is 12.6. The van der Waals surface area contributed by atoms with Crippen molar-refractivity contribution in [3.8, 4) is 11.8 Å². The first-order valence-electron chi connectivity index (χ1n) is 11.4. The van der Waals surface area contributed by atoms with E-state index in [1.165, 1.54) is 4.90 Å². The minimum atomic E-state index is -2.69. The van der Waals surface area contributed by atoms with E-state index in [9.17, 15) is 13.2 Å². The lowest BCUT2D eigenvalue weighted by Crippen LogP contribution is -2.43. The molecule has 2 fully saturated rings. The third kappa shape index (κ3) is 4.33. The fourth-order valence-corrected chi connectivity index (χ4v) is 6.03. The largest absolute Gasteiger partial charge is 0.489 e. The first kappa shape index (κ1) is 24.8. The number of fused-ring (bicyclic) bond motifs is 1. The molecule has 0 saturated carbocycles. The molecule has 0 amide bonds. The highest BCUT2D eigenvalue weighted by atomic mass is 79.9. The second-order valence-electron chi connectivity index (χ2n) is 9.14. The quantitative estimate of drug-likeness (QED) is 0.254. The van der Waals surface area contributed by atoms with Gasteiger partial charge in [-0.25, -0.2) is 17.6 Å². The van der Waals surface area contributed by atoms with Crippen molar-refractivity contribution in [1.82, 2.24) is 14.9 Å². The molecule has 4 heterocycles. The molecule has 2 aromatic rings. The number of alkyl halides is 3. The summed E-state index contributed by atoms with van der Waals surface area (Å²) in [6.45, 7) is 2.33. The van der Waals surface area contributed by atoms with Crippen LogP contribution < -0.4 is 14.4 Å². The lowest BCUT2D eigenvalue weighted by molar-refractivity contribution is 0.107. The molecule has 0 unspecified atom stereocenters. The average Bonchev–Trinajstić information content (AvgIpc) is 3.29. The Labute approximate surface area is 213 Å². The molecule has 6 nitrogen and oxygen atoms in total. The van der Waals surface area contributed by atoms with Gasteiger partial charge in [-0.1, -0.05) is 23.8 Å². The zero-order valence-electron chi connectivity index (χ0n) is 18.9. The van der Waals surface area contributed by atoms with Gasteiger partial charge in [0.1, 0.15) is 35.7 Å². The number of anilines is 1. The van der Waals surface area contributed by atoms with Crippen molar-refractivity contribution in [2.24, 2.45) is 0 Å². The van der Waals surface area contributed by atoms with E-state index in [0.29, 0.717) is 13.0 Å². The predicted octanol–water partition coefficient (Wildman–Crippen LogP) is 5.55. The van der Waals surface area contributed by atoms with Crippen molar-refractivity contribution in [3.63, 3.8) is 0 Å². The van der Waals surface area contributed by atoms with Crippen molar-refractivity contribution in [1.29, 1.82) is 0 Å². The fourth-order valence-electron chi connectivity index (χ4n) is 5.43. The predicted molar refractivity (Wildman–Crippen MR) is 128 cm³/mol. The van der Waals surface area contributed by atoms with Gasteiger partial charge >= 0.3 is 6.01 Å².